The van der Waals surface area contributed by atoms with Gasteiger partial charge in [-0.1, -0.05) is 12.1 Å². The van der Waals surface area contributed by atoms with Gasteiger partial charge in [-0.3, -0.25) is 0 Å². The maximum absolute atomic E-state index is 11.6. The molecule has 0 fully saturated rings. The molecule has 1 aromatic rings. The Hall–Kier alpha value is -1.75. The van der Waals surface area contributed by atoms with Crippen LogP contribution in [0.4, 0.5) is 4.79 Å². The van der Waals surface area contributed by atoms with Gasteiger partial charge >= 0.3 is 6.09 Å². The second kappa shape index (κ2) is 5.73. The summed E-state index contributed by atoms with van der Waals surface area (Å²) < 4.78 is 5.10. The molecule has 0 heterocycles. The number of nitrogens with one attached hydrogen (secondary N) is 1. The lowest BCUT2D eigenvalue weighted by Gasteiger charge is -2.23. The molecular formula is C13H19NO4. The molecule has 0 saturated heterocycles. The van der Waals surface area contributed by atoms with Gasteiger partial charge in [-0.25, -0.2) is 4.79 Å². The van der Waals surface area contributed by atoms with Crippen LogP contribution in [-0.2, 0) is 4.74 Å². The highest BCUT2D eigenvalue weighted by molar-refractivity contribution is 5.68. The first-order valence-electron chi connectivity index (χ1n) is 5.71. The molecule has 18 heavy (non-hydrogen) atoms. The molecule has 0 aliphatic heterocycles. The lowest BCUT2D eigenvalue weighted by atomic mass is 10.1. The van der Waals surface area contributed by atoms with Crippen LogP contribution in [0, 0.1) is 0 Å². The minimum atomic E-state index is -0.588. The zero-order valence-electron chi connectivity index (χ0n) is 10.8. The van der Waals surface area contributed by atoms with Crippen LogP contribution in [0.2, 0.25) is 0 Å². The van der Waals surface area contributed by atoms with E-state index in [2.05, 4.69) is 5.32 Å². The summed E-state index contributed by atoms with van der Waals surface area (Å²) in [6.07, 6.45) is -0.588. The third-order valence-electron chi connectivity index (χ3n) is 2.17. The zero-order chi connectivity index (χ0) is 13.8. The minimum absolute atomic E-state index is 0.132. The van der Waals surface area contributed by atoms with Gasteiger partial charge in [0.25, 0.3) is 0 Å². The second-order valence-corrected chi connectivity index (χ2v) is 4.97. The maximum atomic E-state index is 11.6. The third kappa shape index (κ3) is 4.63. The molecule has 0 aliphatic rings. The number of aromatic hydroxyl groups is 1. The highest BCUT2D eigenvalue weighted by Crippen LogP contribution is 2.17. The van der Waals surface area contributed by atoms with Crippen molar-refractivity contribution in [2.24, 2.45) is 0 Å². The standard InChI is InChI=1S/C13H19NO4/c1-13(2,3)18-12(17)14-11(8-15)9-4-6-10(16)7-5-9/h4-7,11,15-16H,8H2,1-3H3,(H,14,17)/t11-/m1/s1. The van der Waals surface area contributed by atoms with Crippen LogP contribution in [0.1, 0.15) is 32.4 Å². The first-order valence-corrected chi connectivity index (χ1v) is 5.71. The number of carbonyl (C=O) groups excluding carboxylic acids is 1. The van der Waals surface area contributed by atoms with Crippen molar-refractivity contribution in [3.8, 4) is 5.75 Å². The molecule has 0 bridgehead atoms. The Morgan fingerprint density at radius 1 is 1.33 bits per heavy atom. The number of alkyl carbamates (subject to hydrolysis) is 1. The second-order valence-electron chi connectivity index (χ2n) is 4.97. The van der Waals surface area contributed by atoms with Gasteiger partial charge in [0.15, 0.2) is 0 Å². The summed E-state index contributed by atoms with van der Waals surface area (Å²) in [5, 5.41) is 21.0. The Balaban J connectivity index is 2.68. The summed E-state index contributed by atoms with van der Waals surface area (Å²) in [6, 6.07) is 5.70. The van der Waals surface area contributed by atoms with Crippen LogP contribution >= 0.6 is 0 Å². The van der Waals surface area contributed by atoms with Crippen molar-refractivity contribution in [1.29, 1.82) is 0 Å². The molecule has 100 valence electrons. The molecule has 0 saturated carbocycles. The molecule has 0 unspecified atom stereocenters. The lowest BCUT2D eigenvalue weighted by molar-refractivity contribution is 0.0482. The molecular weight excluding hydrogens is 234 g/mol. The lowest BCUT2D eigenvalue weighted by Crippen LogP contribution is -2.36. The van der Waals surface area contributed by atoms with Crippen molar-refractivity contribution in [2.75, 3.05) is 6.61 Å². The van der Waals surface area contributed by atoms with Crippen LogP contribution in [-0.4, -0.2) is 28.5 Å². The normalized spacial score (nSPS) is 12.9. The number of aliphatic hydroxyl groups is 1. The molecule has 3 N–H and O–H groups in total. The van der Waals surface area contributed by atoms with E-state index in [1.54, 1.807) is 32.9 Å². The number of hydrogen-bond acceptors (Lipinski definition) is 4. The van der Waals surface area contributed by atoms with E-state index in [0.29, 0.717) is 5.56 Å². The molecule has 0 aliphatic carbocycles. The monoisotopic (exact) mass is 253 g/mol. The zero-order valence-corrected chi connectivity index (χ0v) is 10.8. The Morgan fingerprint density at radius 3 is 2.33 bits per heavy atom. The topological polar surface area (TPSA) is 78.8 Å². The van der Waals surface area contributed by atoms with Crippen molar-refractivity contribution in [1.82, 2.24) is 5.32 Å². The smallest absolute Gasteiger partial charge is 0.408 e. The van der Waals surface area contributed by atoms with Crippen molar-refractivity contribution in [2.45, 2.75) is 32.4 Å². The first-order chi connectivity index (χ1) is 8.31. The van der Waals surface area contributed by atoms with Gasteiger partial charge in [0.2, 0.25) is 0 Å². The first kappa shape index (κ1) is 14.3. The Morgan fingerprint density at radius 2 is 1.89 bits per heavy atom. The van der Waals surface area contributed by atoms with Gasteiger partial charge in [-0.05, 0) is 38.5 Å². The van der Waals surface area contributed by atoms with Crippen molar-refractivity contribution in [3.05, 3.63) is 29.8 Å². The molecule has 5 nitrogen and oxygen atoms in total. The summed E-state index contributed by atoms with van der Waals surface area (Å²) in [6.45, 7) is 5.05. The molecule has 1 rings (SSSR count). The van der Waals surface area contributed by atoms with Crippen LogP contribution in [0.3, 0.4) is 0 Å². The van der Waals surface area contributed by atoms with Gasteiger partial charge in [-0.2, -0.15) is 0 Å². The summed E-state index contributed by atoms with van der Waals surface area (Å²) in [5.74, 6) is 0.132. The number of benzene rings is 1. The molecule has 1 aromatic carbocycles. The van der Waals surface area contributed by atoms with Gasteiger partial charge in [0.05, 0.1) is 12.6 Å². The van der Waals surface area contributed by atoms with E-state index in [9.17, 15) is 15.0 Å². The summed E-state index contributed by atoms with van der Waals surface area (Å²) >= 11 is 0. The van der Waals surface area contributed by atoms with E-state index in [1.165, 1.54) is 12.1 Å². The quantitative estimate of drug-likeness (QED) is 0.769. The number of ether oxygens (including phenoxy) is 1. The average molecular weight is 253 g/mol. The fourth-order valence-corrected chi connectivity index (χ4v) is 1.39. The van der Waals surface area contributed by atoms with Gasteiger partial charge in [0.1, 0.15) is 11.4 Å². The number of rotatable bonds is 3. The van der Waals surface area contributed by atoms with Crippen LogP contribution < -0.4 is 5.32 Å². The fraction of sp³-hybridized carbons (Fsp3) is 0.462. The molecule has 0 aromatic heterocycles. The molecule has 0 spiro atoms. The Kier molecular flexibility index (Phi) is 4.55. The van der Waals surface area contributed by atoms with E-state index in [0.717, 1.165) is 0 Å². The predicted molar refractivity (Wildman–Crippen MR) is 67.3 cm³/mol. The SMILES string of the molecule is CC(C)(C)OC(=O)N[C@H](CO)c1ccc(O)cc1. The van der Waals surface area contributed by atoms with Crippen LogP contribution in [0.5, 0.6) is 5.75 Å². The third-order valence-corrected chi connectivity index (χ3v) is 2.17. The average Bonchev–Trinajstić information content (AvgIpc) is 2.25. The molecule has 1 atom stereocenters. The van der Waals surface area contributed by atoms with E-state index in [-0.39, 0.29) is 12.4 Å². The van der Waals surface area contributed by atoms with Crippen molar-refractivity contribution < 1.29 is 19.7 Å². The van der Waals surface area contributed by atoms with E-state index in [4.69, 9.17) is 4.74 Å². The van der Waals surface area contributed by atoms with E-state index < -0.39 is 17.7 Å². The predicted octanol–water partition coefficient (Wildman–Crippen LogP) is 1.95. The Labute approximate surface area is 106 Å². The molecule has 5 heteroatoms. The number of carbonyl (C=O) groups is 1. The Bertz CT molecular complexity index is 394. The van der Waals surface area contributed by atoms with Crippen LogP contribution in [0.15, 0.2) is 24.3 Å². The van der Waals surface area contributed by atoms with Crippen molar-refractivity contribution >= 4 is 6.09 Å². The fourth-order valence-electron chi connectivity index (χ4n) is 1.39. The van der Waals surface area contributed by atoms with Crippen molar-refractivity contribution in [3.63, 3.8) is 0 Å². The highest BCUT2D eigenvalue weighted by Gasteiger charge is 2.19. The largest absolute Gasteiger partial charge is 0.508 e. The number of aliphatic hydroxyl groups excluding tert-OH is 1. The number of phenols is 1. The van der Waals surface area contributed by atoms with E-state index >= 15 is 0 Å². The van der Waals surface area contributed by atoms with Gasteiger partial charge < -0.3 is 20.3 Å². The number of amides is 1. The summed E-state index contributed by atoms with van der Waals surface area (Å²) in [4.78, 5) is 11.6. The van der Waals surface area contributed by atoms with Crippen LogP contribution in [0.25, 0.3) is 0 Å². The highest BCUT2D eigenvalue weighted by atomic mass is 16.6. The van der Waals surface area contributed by atoms with E-state index in [1.807, 2.05) is 0 Å². The number of phenolic OH excluding ortho intramolecular Hbond substituents is 1. The maximum Gasteiger partial charge on any atom is 0.408 e. The van der Waals surface area contributed by atoms with Gasteiger partial charge in [0, 0.05) is 0 Å². The minimum Gasteiger partial charge on any atom is -0.508 e. The molecule has 0 radical (unpaired) electrons. The number of hydrogen-bond donors (Lipinski definition) is 3. The summed E-state index contributed by atoms with van der Waals surface area (Å²) in [5.41, 5.74) is 0.111. The van der Waals surface area contributed by atoms with Gasteiger partial charge in [-0.15, -0.1) is 0 Å². The summed E-state index contributed by atoms with van der Waals surface area (Å²) in [7, 11) is 0. The molecule has 1 amide bonds.